The van der Waals surface area contributed by atoms with Crippen molar-refractivity contribution < 1.29 is 8.78 Å². The van der Waals surface area contributed by atoms with E-state index in [0.29, 0.717) is 0 Å². The van der Waals surface area contributed by atoms with Gasteiger partial charge in [0.1, 0.15) is 0 Å². The lowest BCUT2D eigenvalue weighted by atomic mass is 10.1. The van der Waals surface area contributed by atoms with Crippen molar-refractivity contribution >= 4 is 10.9 Å². The number of halogens is 2. The minimum Gasteiger partial charge on any atom is -0.342 e. The summed E-state index contributed by atoms with van der Waals surface area (Å²) in [4.78, 5) is 0. The third-order valence-electron chi connectivity index (χ3n) is 2.75. The Labute approximate surface area is 99.2 Å². The van der Waals surface area contributed by atoms with Crippen LogP contribution in [0.2, 0.25) is 0 Å². The summed E-state index contributed by atoms with van der Waals surface area (Å²) in [5.41, 5.74) is 2.04. The standard InChI is InChI=1S/C13H16F2N2/c1-2-16-8-10-3-4-12-11(7-10)5-6-17(12)9-13(14)15/h3-7,13,16H,2,8-9H2,1H3. The lowest BCUT2D eigenvalue weighted by molar-refractivity contribution is 0.128. The number of nitrogens with one attached hydrogen (secondary N) is 1. The van der Waals surface area contributed by atoms with Crippen LogP contribution in [0, 0.1) is 0 Å². The van der Waals surface area contributed by atoms with Gasteiger partial charge in [-0.15, -0.1) is 0 Å². The highest BCUT2D eigenvalue weighted by molar-refractivity contribution is 5.80. The van der Waals surface area contributed by atoms with Crippen molar-refractivity contribution in [1.29, 1.82) is 0 Å². The van der Waals surface area contributed by atoms with Crippen molar-refractivity contribution in [3.63, 3.8) is 0 Å². The van der Waals surface area contributed by atoms with E-state index in [-0.39, 0.29) is 6.54 Å². The van der Waals surface area contributed by atoms with Gasteiger partial charge in [-0.05, 0) is 35.7 Å². The summed E-state index contributed by atoms with van der Waals surface area (Å²) in [7, 11) is 0. The topological polar surface area (TPSA) is 17.0 Å². The van der Waals surface area contributed by atoms with Crippen LogP contribution in [0.15, 0.2) is 30.5 Å². The van der Waals surface area contributed by atoms with Crippen LogP contribution < -0.4 is 5.32 Å². The molecule has 0 spiro atoms. The van der Waals surface area contributed by atoms with Crippen LogP contribution in [-0.2, 0) is 13.1 Å². The fraction of sp³-hybridized carbons (Fsp3) is 0.385. The molecule has 0 saturated heterocycles. The molecule has 0 aliphatic rings. The third-order valence-corrected chi connectivity index (χ3v) is 2.75. The predicted octanol–water partition coefficient (Wildman–Crippen LogP) is 3.02. The normalized spacial score (nSPS) is 11.5. The van der Waals surface area contributed by atoms with E-state index in [0.717, 1.165) is 24.0 Å². The number of alkyl halides is 2. The Bertz CT molecular complexity index is 491. The average Bonchev–Trinajstić information content (AvgIpc) is 2.68. The van der Waals surface area contributed by atoms with Crippen molar-refractivity contribution in [1.82, 2.24) is 9.88 Å². The molecule has 0 amide bonds. The minimum atomic E-state index is -2.31. The predicted molar refractivity (Wildman–Crippen MR) is 65.3 cm³/mol. The van der Waals surface area contributed by atoms with E-state index >= 15 is 0 Å². The number of fused-ring (bicyclic) bond motifs is 1. The Morgan fingerprint density at radius 2 is 2.12 bits per heavy atom. The van der Waals surface area contributed by atoms with Crippen LogP contribution in [0.1, 0.15) is 12.5 Å². The number of rotatable bonds is 5. The van der Waals surface area contributed by atoms with E-state index in [9.17, 15) is 8.78 Å². The van der Waals surface area contributed by atoms with Gasteiger partial charge in [0.2, 0.25) is 0 Å². The van der Waals surface area contributed by atoms with Crippen molar-refractivity contribution in [2.24, 2.45) is 0 Å². The van der Waals surface area contributed by atoms with Crippen molar-refractivity contribution in [2.75, 3.05) is 6.54 Å². The van der Waals surface area contributed by atoms with E-state index in [4.69, 9.17) is 0 Å². The van der Waals surface area contributed by atoms with E-state index < -0.39 is 6.43 Å². The van der Waals surface area contributed by atoms with Crippen molar-refractivity contribution in [3.05, 3.63) is 36.0 Å². The van der Waals surface area contributed by atoms with Crippen molar-refractivity contribution in [2.45, 2.75) is 26.4 Å². The van der Waals surface area contributed by atoms with E-state index in [1.54, 1.807) is 10.8 Å². The number of aromatic nitrogens is 1. The fourth-order valence-electron chi connectivity index (χ4n) is 1.94. The molecule has 0 unspecified atom stereocenters. The first-order valence-corrected chi connectivity index (χ1v) is 5.77. The molecule has 0 bridgehead atoms. The zero-order valence-corrected chi connectivity index (χ0v) is 9.79. The van der Waals surface area contributed by atoms with Gasteiger partial charge in [-0.2, -0.15) is 0 Å². The lowest BCUT2D eigenvalue weighted by Gasteiger charge is -2.06. The Kier molecular flexibility index (Phi) is 3.74. The first-order chi connectivity index (χ1) is 8.20. The third kappa shape index (κ3) is 2.82. The van der Waals surface area contributed by atoms with Gasteiger partial charge in [-0.1, -0.05) is 13.0 Å². The lowest BCUT2D eigenvalue weighted by Crippen LogP contribution is -2.11. The maximum absolute atomic E-state index is 12.3. The highest BCUT2D eigenvalue weighted by Gasteiger charge is 2.07. The molecule has 0 atom stereocenters. The molecule has 0 radical (unpaired) electrons. The average molecular weight is 238 g/mol. The smallest absolute Gasteiger partial charge is 0.256 e. The van der Waals surface area contributed by atoms with Gasteiger partial charge in [0, 0.05) is 18.3 Å². The van der Waals surface area contributed by atoms with Gasteiger partial charge in [0.05, 0.1) is 6.54 Å². The molecule has 17 heavy (non-hydrogen) atoms. The van der Waals surface area contributed by atoms with Crippen LogP contribution in [0.3, 0.4) is 0 Å². The highest BCUT2D eigenvalue weighted by Crippen LogP contribution is 2.18. The molecule has 0 aliphatic heterocycles. The first-order valence-electron chi connectivity index (χ1n) is 5.77. The summed E-state index contributed by atoms with van der Waals surface area (Å²) in [6.45, 7) is 3.55. The molecular formula is C13H16F2N2. The minimum absolute atomic E-state index is 0.240. The summed E-state index contributed by atoms with van der Waals surface area (Å²) in [6, 6.07) is 7.81. The monoisotopic (exact) mass is 238 g/mol. The Morgan fingerprint density at radius 3 is 2.82 bits per heavy atom. The molecule has 4 heteroatoms. The number of hydrogen-bond acceptors (Lipinski definition) is 1. The van der Waals surface area contributed by atoms with Crippen LogP contribution in [0.5, 0.6) is 0 Å². The number of hydrogen-bond donors (Lipinski definition) is 1. The van der Waals surface area contributed by atoms with Crippen LogP contribution >= 0.6 is 0 Å². The van der Waals surface area contributed by atoms with Gasteiger partial charge in [-0.25, -0.2) is 8.78 Å². The maximum atomic E-state index is 12.3. The van der Waals surface area contributed by atoms with E-state index in [1.165, 1.54) is 5.56 Å². The second-order valence-electron chi connectivity index (χ2n) is 4.03. The maximum Gasteiger partial charge on any atom is 0.256 e. The van der Waals surface area contributed by atoms with Crippen molar-refractivity contribution in [3.8, 4) is 0 Å². The van der Waals surface area contributed by atoms with E-state index in [1.807, 2.05) is 24.3 Å². The quantitative estimate of drug-likeness (QED) is 0.847. The number of benzene rings is 1. The highest BCUT2D eigenvalue weighted by atomic mass is 19.3. The van der Waals surface area contributed by atoms with Gasteiger partial charge >= 0.3 is 0 Å². The molecular weight excluding hydrogens is 222 g/mol. The SMILES string of the molecule is CCNCc1ccc2c(ccn2CC(F)F)c1. The zero-order chi connectivity index (χ0) is 12.3. The Hall–Kier alpha value is -1.42. The number of nitrogens with zero attached hydrogens (tertiary/aromatic N) is 1. The molecule has 2 aromatic rings. The fourth-order valence-corrected chi connectivity index (χ4v) is 1.94. The molecule has 0 saturated carbocycles. The largest absolute Gasteiger partial charge is 0.342 e. The molecule has 1 aromatic heterocycles. The van der Waals surface area contributed by atoms with Crippen LogP contribution in [0.4, 0.5) is 8.78 Å². The molecule has 92 valence electrons. The molecule has 1 N–H and O–H groups in total. The summed E-state index contributed by atoms with van der Waals surface area (Å²) in [6.07, 6.45) is -0.597. The first kappa shape index (κ1) is 12.0. The summed E-state index contributed by atoms with van der Waals surface area (Å²) in [5.74, 6) is 0. The summed E-state index contributed by atoms with van der Waals surface area (Å²) in [5, 5.41) is 4.26. The Morgan fingerprint density at radius 1 is 1.29 bits per heavy atom. The molecule has 2 rings (SSSR count). The second kappa shape index (κ2) is 5.27. The summed E-state index contributed by atoms with van der Waals surface area (Å²) < 4.78 is 26.3. The van der Waals surface area contributed by atoms with Crippen LogP contribution in [-0.4, -0.2) is 17.5 Å². The van der Waals surface area contributed by atoms with E-state index in [2.05, 4.69) is 12.2 Å². The van der Waals surface area contributed by atoms with Gasteiger partial charge in [0.15, 0.2) is 0 Å². The van der Waals surface area contributed by atoms with Crippen LogP contribution in [0.25, 0.3) is 10.9 Å². The zero-order valence-electron chi connectivity index (χ0n) is 9.79. The van der Waals surface area contributed by atoms with Gasteiger partial charge < -0.3 is 9.88 Å². The molecule has 1 aromatic carbocycles. The van der Waals surface area contributed by atoms with Gasteiger partial charge in [0.25, 0.3) is 6.43 Å². The molecule has 2 nitrogen and oxygen atoms in total. The molecule has 1 heterocycles. The summed E-state index contributed by atoms with van der Waals surface area (Å²) >= 11 is 0. The second-order valence-corrected chi connectivity index (χ2v) is 4.03. The van der Waals surface area contributed by atoms with Gasteiger partial charge in [-0.3, -0.25) is 0 Å². The Balaban J connectivity index is 2.25. The molecule has 0 aliphatic carbocycles. The molecule has 0 fully saturated rings.